The fourth-order valence-electron chi connectivity index (χ4n) is 2.32. The monoisotopic (exact) mass is 234 g/mol. The lowest BCUT2D eigenvalue weighted by atomic mass is 10.2. The van der Waals surface area contributed by atoms with Crippen LogP contribution in [0.25, 0.3) is 0 Å². The number of rotatable bonds is 2. The summed E-state index contributed by atoms with van der Waals surface area (Å²) in [5.41, 5.74) is 2.40. The molecule has 2 aliphatic rings. The van der Waals surface area contributed by atoms with E-state index in [0.717, 1.165) is 31.7 Å². The standard InChI is InChI=1S/C13H18N2O2/c1-3-12(15-7-5-14-6-8-15)4-2-11(1)13-16-9-10-17-13/h1-4,13-14H,5-10H2. The number of hydrogen-bond donors (Lipinski definition) is 1. The number of ether oxygens (including phenoxy) is 2. The third-order valence-corrected chi connectivity index (χ3v) is 3.27. The maximum atomic E-state index is 5.48. The first-order valence-corrected chi connectivity index (χ1v) is 6.22. The Balaban J connectivity index is 1.70. The largest absolute Gasteiger partial charge is 0.369 e. The first kappa shape index (κ1) is 11.0. The third-order valence-electron chi connectivity index (χ3n) is 3.27. The number of hydrogen-bond acceptors (Lipinski definition) is 4. The van der Waals surface area contributed by atoms with Gasteiger partial charge in [0.2, 0.25) is 0 Å². The van der Waals surface area contributed by atoms with E-state index in [0.29, 0.717) is 13.2 Å². The fourth-order valence-corrected chi connectivity index (χ4v) is 2.32. The molecule has 2 aliphatic heterocycles. The average molecular weight is 234 g/mol. The van der Waals surface area contributed by atoms with Gasteiger partial charge in [-0.1, -0.05) is 12.1 Å². The van der Waals surface area contributed by atoms with Gasteiger partial charge in [-0.15, -0.1) is 0 Å². The lowest BCUT2D eigenvalue weighted by Gasteiger charge is -2.29. The van der Waals surface area contributed by atoms with E-state index < -0.39 is 0 Å². The molecule has 4 heteroatoms. The van der Waals surface area contributed by atoms with Crippen LogP contribution in [-0.4, -0.2) is 39.4 Å². The molecule has 4 nitrogen and oxygen atoms in total. The van der Waals surface area contributed by atoms with Gasteiger partial charge in [0.1, 0.15) is 0 Å². The molecule has 0 spiro atoms. The molecule has 0 bridgehead atoms. The Morgan fingerprint density at radius 2 is 1.65 bits per heavy atom. The zero-order valence-corrected chi connectivity index (χ0v) is 9.89. The molecule has 1 aromatic rings. The first-order chi connectivity index (χ1) is 8.43. The van der Waals surface area contributed by atoms with Gasteiger partial charge in [-0.3, -0.25) is 0 Å². The Hall–Kier alpha value is -1.10. The summed E-state index contributed by atoms with van der Waals surface area (Å²) in [7, 11) is 0. The fraction of sp³-hybridized carbons (Fsp3) is 0.538. The highest BCUT2D eigenvalue weighted by molar-refractivity contribution is 5.48. The van der Waals surface area contributed by atoms with Gasteiger partial charge < -0.3 is 19.7 Å². The number of nitrogens with zero attached hydrogens (tertiary/aromatic N) is 1. The normalized spacial score (nSPS) is 22.0. The van der Waals surface area contributed by atoms with Crippen molar-refractivity contribution in [3.05, 3.63) is 29.8 Å². The van der Waals surface area contributed by atoms with E-state index in [1.165, 1.54) is 5.69 Å². The van der Waals surface area contributed by atoms with Crippen molar-refractivity contribution in [2.45, 2.75) is 6.29 Å². The summed E-state index contributed by atoms with van der Waals surface area (Å²) in [6.07, 6.45) is -0.160. The van der Waals surface area contributed by atoms with Crippen LogP contribution in [0.15, 0.2) is 24.3 Å². The van der Waals surface area contributed by atoms with Crippen molar-refractivity contribution in [1.29, 1.82) is 0 Å². The van der Waals surface area contributed by atoms with Crippen molar-refractivity contribution in [3.8, 4) is 0 Å². The van der Waals surface area contributed by atoms with E-state index in [1.54, 1.807) is 0 Å². The van der Waals surface area contributed by atoms with Gasteiger partial charge in [0.15, 0.2) is 6.29 Å². The molecule has 0 radical (unpaired) electrons. The van der Waals surface area contributed by atoms with Crippen LogP contribution in [0.4, 0.5) is 5.69 Å². The molecule has 2 fully saturated rings. The van der Waals surface area contributed by atoms with Crippen LogP contribution in [0.3, 0.4) is 0 Å². The predicted molar refractivity (Wildman–Crippen MR) is 66.2 cm³/mol. The molecule has 0 aliphatic carbocycles. The summed E-state index contributed by atoms with van der Waals surface area (Å²) in [6, 6.07) is 8.53. The van der Waals surface area contributed by atoms with Crippen molar-refractivity contribution < 1.29 is 9.47 Å². The summed E-state index contributed by atoms with van der Waals surface area (Å²) < 4.78 is 11.0. The maximum Gasteiger partial charge on any atom is 0.184 e. The molecule has 2 heterocycles. The minimum atomic E-state index is -0.160. The molecule has 1 N–H and O–H groups in total. The van der Waals surface area contributed by atoms with Crippen molar-refractivity contribution in [2.75, 3.05) is 44.3 Å². The lowest BCUT2D eigenvalue weighted by Crippen LogP contribution is -2.43. The quantitative estimate of drug-likeness (QED) is 0.832. The Morgan fingerprint density at radius 3 is 2.29 bits per heavy atom. The molecule has 0 saturated carbocycles. The molecule has 0 atom stereocenters. The third kappa shape index (κ3) is 2.44. The summed E-state index contributed by atoms with van der Waals surface area (Å²) in [5, 5.41) is 3.36. The number of benzene rings is 1. The van der Waals surface area contributed by atoms with E-state index in [9.17, 15) is 0 Å². The Kier molecular flexibility index (Phi) is 3.27. The molecule has 0 unspecified atom stereocenters. The smallest absolute Gasteiger partial charge is 0.184 e. The van der Waals surface area contributed by atoms with Gasteiger partial charge in [-0.05, 0) is 12.1 Å². The van der Waals surface area contributed by atoms with E-state index in [4.69, 9.17) is 9.47 Å². The SMILES string of the molecule is c1cc(N2CCNCC2)ccc1C1OCCO1. The van der Waals surface area contributed by atoms with Crippen LogP contribution in [0.1, 0.15) is 11.9 Å². The molecule has 2 saturated heterocycles. The van der Waals surface area contributed by atoms with Crippen LogP contribution < -0.4 is 10.2 Å². The summed E-state index contributed by atoms with van der Waals surface area (Å²) in [4.78, 5) is 2.40. The van der Waals surface area contributed by atoms with Crippen LogP contribution >= 0.6 is 0 Å². The van der Waals surface area contributed by atoms with Gasteiger partial charge in [0.25, 0.3) is 0 Å². The summed E-state index contributed by atoms with van der Waals surface area (Å²) in [6.45, 7) is 5.69. The van der Waals surface area contributed by atoms with Crippen LogP contribution in [0, 0.1) is 0 Å². The minimum absolute atomic E-state index is 0.160. The zero-order valence-electron chi connectivity index (χ0n) is 9.89. The zero-order chi connectivity index (χ0) is 11.5. The Labute approximate surface area is 102 Å². The van der Waals surface area contributed by atoms with Crippen molar-refractivity contribution >= 4 is 5.69 Å². The highest BCUT2D eigenvalue weighted by Gasteiger charge is 2.18. The second-order valence-corrected chi connectivity index (χ2v) is 4.40. The van der Waals surface area contributed by atoms with Gasteiger partial charge in [-0.2, -0.15) is 0 Å². The van der Waals surface area contributed by atoms with Crippen LogP contribution in [0.5, 0.6) is 0 Å². The minimum Gasteiger partial charge on any atom is -0.369 e. The lowest BCUT2D eigenvalue weighted by molar-refractivity contribution is -0.0441. The van der Waals surface area contributed by atoms with Gasteiger partial charge in [0, 0.05) is 37.4 Å². The van der Waals surface area contributed by atoms with Crippen LogP contribution in [0.2, 0.25) is 0 Å². The van der Waals surface area contributed by atoms with E-state index in [-0.39, 0.29) is 6.29 Å². The molecule has 0 aromatic heterocycles. The molecular weight excluding hydrogens is 216 g/mol. The summed E-state index contributed by atoms with van der Waals surface area (Å²) in [5.74, 6) is 0. The van der Waals surface area contributed by atoms with Crippen molar-refractivity contribution in [2.24, 2.45) is 0 Å². The van der Waals surface area contributed by atoms with Crippen LogP contribution in [-0.2, 0) is 9.47 Å². The highest BCUT2D eigenvalue weighted by Crippen LogP contribution is 2.25. The maximum absolute atomic E-state index is 5.48. The Morgan fingerprint density at radius 1 is 1.00 bits per heavy atom. The predicted octanol–water partition coefficient (Wildman–Crippen LogP) is 1.14. The average Bonchev–Trinajstić information content (AvgIpc) is 2.94. The van der Waals surface area contributed by atoms with Crippen molar-refractivity contribution in [1.82, 2.24) is 5.32 Å². The molecule has 17 heavy (non-hydrogen) atoms. The van der Waals surface area contributed by atoms with E-state index in [1.807, 2.05) is 0 Å². The molecule has 3 rings (SSSR count). The molecule has 1 aromatic carbocycles. The highest BCUT2D eigenvalue weighted by atomic mass is 16.7. The second kappa shape index (κ2) is 5.04. The molecular formula is C13H18N2O2. The summed E-state index contributed by atoms with van der Waals surface area (Å²) >= 11 is 0. The van der Waals surface area contributed by atoms with Crippen molar-refractivity contribution in [3.63, 3.8) is 0 Å². The molecule has 0 amide bonds. The van der Waals surface area contributed by atoms with Gasteiger partial charge >= 0.3 is 0 Å². The van der Waals surface area contributed by atoms with Gasteiger partial charge in [0.05, 0.1) is 13.2 Å². The van der Waals surface area contributed by atoms with Gasteiger partial charge in [-0.25, -0.2) is 0 Å². The van der Waals surface area contributed by atoms with E-state index >= 15 is 0 Å². The Bertz CT molecular complexity index is 354. The number of nitrogens with one attached hydrogen (secondary N) is 1. The van der Waals surface area contributed by atoms with E-state index in [2.05, 4.69) is 34.5 Å². The topological polar surface area (TPSA) is 33.7 Å². The second-order valence-electron chi connectivity index (χ2n) is 4.40. The first-order valence-electron chi connectivity index (χ1n) is 6.22. The number of anilines is 1. The molecule has 92 valence electrons. The number of piperazine rings is 1.